The second-order valence-electron chi connectivity index (χ2n) is 3.24. The van der Waals surface area contributed by atoms with Crippen LogP contribution in [-0.4, -0.2) is 17.1 Å². The van der Waals surface area contributed by atoms with Crippen LogP contribution in [-0.2, 0) is 5.88 Å². The quantitative estimate of drug-likeness (QED) is 0.855. The molecule has 0 atom stereocenters. The molecule has 1 heterocycles. The van der Waals surface area contributed by atoms with Gasteiger partial charge in [-0.15, -0.1) is 11.6 Å². The van der Waals surface area contributed by atoms with Crippen LogP contribution in [0.15, 0.2) is 24.4 Å². The summed E-state index contributed by atoms with van der Waals surface area (Å²) in [6, 6.07) is 5.38. The summed E-state index contributed by atoms with van der Waals surface area (Å²) in [4.78, 5) is 7.33. The molecule has 0 saturated heterocycles. The number of nitrogens with zero attached hydrogens (tertiary/aromatic N) is 1. The molecule has 0 aliphatic rings. The van der Waals surface area contributed by atoms with E-state index in [-0.39, 0.29) is 0 Å². The molecule has 0 unspecified atom stereocenters. The fraction of sp³-hybridized carbons (Fsp3) is 0.182. The van der Waals surface area contributed by atoms with Crippen LogP contribution >= 0.6 is 23.2 Å². The average Bonchev–Trinajstić information content (AvgIpc) is 2.77. The van der Waals surface area contributed by atoms with Gasteiger partial charge in [0.2, 0.25) is 0 Å². The van der Waals surface area contributed by atoms with Crippen molar-refractivity contribution >= 4 is 23.2 Å². The van der Waals surface area contributed by atoms with Crippen LogP contribution < -0.4 is 4.74 Å². The molecule has 2 aromatic rings. The SMILES string of the molecule is COc1ccc(Cl)cc1-c1ncc(CCl)[nH]1. The van der Waals surface area contributed by atoms with E-state index in [2.05, 4.69) is 9.97 Å². The second kappa shape index (κ2) is 4.76. The zero-order chi connectivity index (χ0) is 11.5. The molecule has 3 nitrogen and oxygen atoms in total. The highest BCUT2D eigenvalue weighted by atomic mass is 35.5. The van der Waals surface area contributed by atoms with E-state index in [9.17, 15) is 0 Å². The van der Waals surface area contributed by atoms with Crippen molar-refractivity contribution in [3.05, 3.63) is 35.1 Å². The van der Waals surface area contributed by atoms with Gasteiger partial charge in [-0.05, 0) is 18.2 Å². The summed E-state index contributed by atoms with van der Waals surface area (Å²) in [5, 5.41) is 0.639. The molecule has 5 heteroatoms. The lowest BCUT2D eigenvalue weighted by Crippen LogP contribution is -1.89. The Balaban J connectivity index is 2.49. The van der Waals surface area contributed by atoms with E-state index in [0.29, 0.717) is 16.7 Å². The highest BCUT2D eigenvalue weighted by Crippen LogP contribution is 2.30. The fourth-order valence-electron chi connectivity index (χ4n) is 1.43. The van der Waals surface area contributed by atoms with E-state index in [1.165, 1.54) is 0 Å². The molecular weight excluding hydrogens is 247 g/mol. The lowest BCUT2D eigenvalue weighted by Gasteiger charge is -2.06. The number of rotatable bonds is 3. The van der Waals surface area contributed by atoms with Gasteiger partial charge >= 0.3 is 0 Å². The van der Waals surface area contributed by atoms with Crippen molar-refractivity contribution in [2.75, 3.05) is 7.11 Å². The second-order valence-corrected chi connectivity index (χ2v) is 3.94. The monoisotopic (exact) mass is 256 g/mol. The van der Waals surface area contributed by atoms with Crippen LogP contribution in [0.3, 0.4) is 0 Å². The Hall–Kier alpha value is -1.19. The van der Waals surface area contributed by atoms with Gasteiger partial charge in [-0.25, -0.2) is 4.98 Å². The first-order valence-electron chi connectivity index (χ1n) is 4.68. The van der Waals surface area contributed by atoms with Gasteiger partial charge in [-0.3, -0.25) is 0 Å². The van der Waals surface area contributed by atoms with Crippen molar-refractivity contribution in [2.45, 2.75) is 5.88 Å². The van der Waals surface area contributed by atoms with E-state index < -0.39 is 0 Å². The summed E-state index contributed by atoms with van der Waals surface area (Å²) in [5.41, 5.74) is 1.69. The van der Waals surface area contributed by atoms with Crippen LogP contribution in [0, 0.1) is 0 Å². The topological polar surface area (TPSA) is 37.9 Å². The van der Waals surface area contributed by atoms with Gasteiger partial charge in [0.15, 0.2) is 0 Å². The van der Waals surface area contributed by atoms with Crippen LogP contribution in [0.25, 0.3) is 11.4 Å². The lowest BCUT2D eigenvalue weighted by molar-refractivity contribution is 0.416. The van der Waals surface area contributed by atoms with E-state index in [1.807, 2.05) is 0 Å². The van der Waals surface area contributed by atoms with Crippen LogP contribution in [0.2, 0.25) is 5.02 Å². The van der Waals surface area contributed by atoms with Crippen LogP contribution in [0.5, 0.6) is 5.75 Å². The van der Waals surface area contributed by atoms with E-state index in [1.54, 1.807) is 31.5 Å². The molecule has 1 aromatic carbocycles. The Kier molecular flexibility index (Phi) is 3.36. The smallest absolute Gasteiger partial charge is 0.141 e. The summed E-state index contributed by atoms with van der Waals surface area (Å²) < 4.78 is 5.25. The number of halogens is 2. The van der Waals surface area contributed by atoms with Crippen LogP contribution in [0.1, 0.15) is 5.69 Å². The van der Waals surface area contributed by atoms with Gasteiger partial charge in [0.05, 0.1) is 18.6 Å². The number of aromatic nitrogens is 2. The number of imidazole rings is 1. The fourth-order valence-corrected chi connectivity index (χ4v) is 1.74. The maximum absolute atomic E-state index is 5.94. The molecule has 1 N–H and O–H groups in total. The summed E-state index contributed by atoms with van der Waals surface area (Å²) in [5.74, 6) is 1.82. The molecule has 84 valence electrons. The van der Waals surface area contributed by atoms with Crippen molar-refractivity contribution < 1.29 is 4.74 Å². The van der Waals surface area contributed by atoms with Gasteiger partial charge in [-0.1, -0.05) is 11.6 Å². The zero-order valence-corrected chi connectivity index (χ0v) is 10.1. The van der Waals surface area contributed by atoms with E-state index in [4.69, 9.17) is 27.9 Å². The molecule has 0 spiro atoms. The van der Waals surface area contributed by atoms with Crippen molar-refractivity contribution in [2.24, 2.45) is 0 Å². The minimum absolute atomic E-state index is 0.399. The molecule has 0 radical (unpaired) electrons. The third-order valence-corrected chi connectivity index (χ3v) is 2.71. The Morgan fingerprint density at radius 3 is 2.88 bits per heavy atom. The minimum atomic E-state index is 0.399. The van der Waals surface area contributed by atoms with Gasteiger partial charge in [0, 0.05) is 16.9 Å². The summed E-state index contributed by atoms with van der Waals surface area (Å²) in [6.45, 7) is 0. The normalized spacial score (nSPS) is 10.4. The molecule has 0 aliphatic heterocycles. The number of hydrogen-bond donors (Lipinski definition) is 1. The van der Waals surface area contributed by atoms with Crippen molar-refractivity contribution in [3.63, 3.8) is 0 Å². The largest absolute Gasteiger partial charge is 0.496 e. The van der Waals surface area contributed by atoms with Gasteiger partial charge < -0.3 is 9.72 Å². The van der Waals surface area contributed by atoms with Crippen molar-refractivity contribution in [1.82, 2.24) is 9.97 Å². The molecule has 0 amide bonds. The molecule has 2 rings (SSSR count). The Morgan fingerprint density at radius 1 is 1.44 bits per heavy atom. The predicted octanol–water partition coefficient (Wildman–Crippen LogP) is 3.48. The number of methoxy groups -OCH3 is 1. The zero-order valence-electron chi connectivity index (χ0n) is 8.63. The standard InChI is InChI=1S/C11H10Cl2N2O/c1-16-10-3-2-7(13)4-9(10)11-14-6-8(5-12)15-11/h2-4,6H,5H2,1H3,(H,14,15). The van der Waals surface area contributed by atoms with Crippen LogP contribution in [0.4, 0.5) is 0 Å². The molecule has 0 saturated carbocycles. The first kappa shape index (κ1) is 11.3. The summed E-state index contributed by atoms with van der Waals surface area (Å²) in [6.07, 6.45) is 1.70. The Morgan fingerprint density at radius 2 is 2.25 bits per heavy atom. The number of alkyl halides is 1. The van der Waals surface area contributed by atoms with Crippen molar-refractivity contribution in [1.29, 1.82) is 0 Å². The Labute approximate surface area is 103 Å². The van der Waals surface area contributed by atoms with Gasteiger partial charge in [0.1, 0.15) is 11.6 Å². The maximum atomic E-state index is 5.94. The maximum Gasteiger partial charge on any atom is 0.141 e. The third-order valence-electron chi connectivity index (χ3n) is 2.19. The number of H-pyrrole nitrogens is 1. The molecule has 0 aliphatic carbocycles. The molecular formula is C11H10Cl2N2O. The highest BCUT2D eigenvalue weighted by Gasteiger charge is 2.09. The number of ether oxygens (including phenoxy) is 1. The van der Waals surface area contributed by atoms with Gasteiger partial charge in [0.25, 0.3) is 0 Å². The summed E-state index contributed by atoms with van der Waals surface area (Å²) >= 11 is 11.6. The highest BCUT2D eigenvalue weighted by molar-refractivity contribution is 6.30. The minimum Gasteiger partial charge on any atom is -0.496 e. The lowest BCUT2D eigenvalue weighted by atomic mass is 10.2. The molecule has 16 heavy (non-hydrogen) atoms. The molecule has 0 fully saturated rings. The van der Waals surface area contributed by atoms with Gasteiger partial charge in [-0.2, -0.15) is 0 Å². The average molecular weight is 257 g/mol. The number of hydrogen-bond acceptors (Lipinski definition) is 2. The third kappa shape index (κ3) is 2.15. The van der Waals surface area contributed by atoms with Crippen molar-refractivity contribution in [3.8, 4) is 17.1 Å². The number of benzene rings is 1. The van der Waals surface area contributed by atoms with E-state index >= 15 is 0 Å². The Bertz CT molecular complexity index is 496. The molecule has 0 bridgehead atoms. The van der Waals surface area contributed by atoms with E-state index in [0.717, 1.165) is 17.0 Å². The number of aromatic amines is 1. The summed E-state index contributed by atoms with van der Waals surface area (Å²) in [7, 11) is 1.61. The predicted molar refractivity (Wildman–Crippen MR) is 65.1 cm³/mol. The number of nitrogens with one attached hydrogen (secondary N) is 1. The first-order valence-corrected chi connectivity index (χ1v) is 5.59. The molecule has 1 aromatic heterocycles. The first-order chi connectivity index (χ1) is 7.74.